The minimum absolute atomic E-state index is 0.235. The van der Waals surface area contributed by atoms with Crippen LogP contribution < -0.4 is 0 Å². The molecule has 0 bridgehead atoms. The van der Waals surface area contributed by atoms with Crippen LogP contribution in [0.2, 0.25) is 20.1 Å². The number of rotatable bonds is 2. The van der Waals surface area contributed by atoms with Crippen LogP contribution >= 0.6 is 46.4 Å². The van der Waals surface area contributed by atoms with Crippen molar-refractivity contribution in [3.8, 4) is 11.3 Å². The Hall–Kier alpha value is -1.000. The van der Waals surface area contributed by atoms with Gasteiger partial charge < -0.3 is 4.74 Å². The summed E-state index contributed by atoms with van der Waals surface area (Å²) in [4.78, 5) is 15.5. The van der Waals surface area contributed by atoms with Crippen molar-refractivity contribution in [3.63, 3.8) is 0 Å². The van der Waals surface area contributed by atoms with Crippen molar-refractivity contribution in [3.05, 3.63) is 50.0 Å². The molecule has 0 aliphatic carbocycles. The van der Waals surface area contributed by atoms with Gasteiger partial charge >= 0.3 is 5.97 Å². The van der Waals surface area contributed by atoms with Crippen molar-refractivity contribution in [2.24, 2.45) is 0 Å². The van der Waals surface area contributed by atoms with Crippen molar-refractivity contribution in [2.75, 3.05) is 7.11 Å². The zero-order chi connectivity index (χ0) is 14.9. The van der Waals surface area contributed by atoms with Gasteiger partial charge in [-0.1, -0.05) is 46.4 Å². The predicted octanol–water partition coefficient (Wildman–Crippen LogP) is 5.15. The van der Waals surface area contributed by atoms with Crippen LogP contribution in [0.5, 0.6) is 0 Å². The van der Waals surface area contributed by atoms with Gasteiger partial charge in [-0.05, 0) is 18.2 Å². The third kappa shape index (κ3) is 3.01. The van der Waals surface area contributed by atoms with Crippen molar-refractivity contribution in [1.29, 1.82) is 0 Å². The molecule has 0 spiro atoms. The Morgan fingerprint density at radius 2 is 1.65 bits per heavy atom. The molecule has 7 heteroatoms. The summed E-state index contributed by atoms with van der Waals surface area (Å²) in [6, 6.07) is 4.52. The van der Waals surface area contributed by atoms with Gasteiger partial charge in [-0.3, -0.25) is 4.98 Å². The normalized spacial score (nSPS) is 10.4. The van der Waals surface area contributed by atoms with E-state index in [1.54, 1.807) is 0 Å². The number of hydrogen-bond acceptors (Lipinski definition) is 3. The van der Waals surface area contributed by atoms with Crippen LogP contribution in [0.15, 0.2) is 24.4 Å². The molecule has 2 aromatic rings. The SMILES string of the molecule is COC(=O)c1cnc(-c2c(Cl)cc(Cl)cc2Cl)c(Cl)c1. The number of halogens is 4. The van der Waals surface area contributed by atoms with Crippen LogP contribution in [0.25, 0.3) is 11.3 Å². The Bertz CT molecular complexity index is 665. The molecule has 0 radical (unpaired) electrons. The van der Waals surface area contributed by atoms with E-state index >= 15 is 0 Å². The molecule has 0 amide bonds. The van der Waals surface area contributed by atoms with E-state index in [1.165, 1.54) is 31.5 Å². The van der Waals surface area contributed by atoms with Gasteiger partial charge in [0, 0.05) is 16.8 Å². The highest BCUT2D eigenvalue weighted by molar-refractivity contribution is 6.43. The molecule has 0 N–H and O–H groups in total. The quantitative estimate of drug-likeness (QED) is 0.703. The number of ether oxygens (including phenoxy) is 1. The molecule has 1 heterocycles. The highest BCUT2D eigenvalue weighted by atomic mass is 35.5. The van der Waals surface area contributed by atoms with E-state index < -0.39 is 5.97 Å². The fraction of sp³-hybridized carbons (Fsp3) is 0.0769. The molecular weight excluding hydrogens is 344 g/mol. The van der Waals surface area contributed by atoms with E-state index in [2.05, 4.69) is 9.72 Å². The second-order valence-corrected chi connectivity index (χ2v) is 5.45. The summed E-state index contributed by atoms with van der Waals surface area (Å²) in [7, 11) is 1.27. The molecule has 0 saturated carbocycles. The fourth-order valence-corrected chi connectivity index (χ4v) is 2.88. The molecule has 1 aromatic heterocycles. The number of methoxy groups -OCH3 is 1. The van der Waals surface area contributed by atoms with E-state index in [1.807, 2.05) is 0 Å². The second kappa shape index (κ2) is 6.19. The molecule has 20 heavy (non-hydrogen) atoms. The van der Waals surface area contributed by atoms with Crippen LogP contribution in [0.1, 0.15) is 10.4 Å². The van der Waals surface area contributed by atoms with Gasteiger partial charge in [-0.25, -0.2) is 4.79 Å². The average molecular weight is 351 g/mol. The van der Waals surface area contributed by atoms with Gasteiger partial charge in [0.15, 0.2) is 0 Å². The first-order valence-electron chi connectivity index (χ1n) is 5.32. The lowest BCUT2D eigenvalue weighted by Gasteiger charge is -2.10. The number of benzene rings is 1. The van der Waals surface area contributed by atoms with Gasteiger partial charge in [0.25, 0.3) is 0 Å². The van der Waals surface area contributed by atoms with Crippen molar-refractivity contribution in [1.82, 2.24) is 4.98 Å². The number of carbonyl (C=O) groups excluding carboxylic acids is 1. The van der Waals surface area contributed by atoms with Crippen molar-refractivity contribution < 1.29 is 9.53 Å². The van der Waals surface area contributed by atoms with Gasteiger partial charge in [0.05, 0.1) is 33.4 Å². The van der Waals surface area contributed by atoms with Crippen LogP contribution in [-0.2, 0) is 4.74 Å². The summed E-state index contributed by atoms with van der Waals surface area (Å²) in [5, 5.41) is 1.29. The topological polar surface area (TPSA) is 39.2 Å². The summed E-state index contributed by atoms with van der Waals surface area (Å²) in [5.41, 5.74) is 1.06. The average Bonchev–Trinajstić information content (AvgIpc) is 2.38. The van der Waals surface area contributed by atoms with Crippen LogP contribution in [-0.4, -0.2) is 18.1 Å². The van der Waals surface area contributed by atoms with E-state index in [9.17, 15) is 4.79 Å². The summed E-state index contributed by atoms with van der Waals surface area (Å²) < 4.78 is 4.59. The van der Waals surface area contributed by atoms with E-state index in [0.29, 0.717) is 26.3 Å². The molecule has 2 rings (SSSR count). The molecule has 104 valence electrons. The monoisotopic (exact) mass is 349 g/mol. The van der Waals surface area contributed by atoms with Crippen molar-refractivity contribution >= 4 is 52.4 Å². The lowest BCUT2D eigenvalue weighted by molar-refractivity contribution is 0.0600. The molecular formula is C13H7Cl4NO2. The van der Waals surface area contributed by atoms with Crippen LogP contribution in [0, 0.1) is 0 Å². The summed E-state index contributed by atoms with van der Waals surface area (Å²) >= 11 is 24.2. The Morgan fingerprint density at radius 3 is 2.15 bits per heavy atom. The maximum Gasteiger partial charge on any atom is 0.339 e. The van der Waals surface area contributed by atoms with Gasteiger partial charge in [-0.15, -0.1) is 0 Å². The lowest BCUT2D eigenvalue weighted by atomic mass is 10.1. The Kier molecular flexibility index (Phi) is 4.76. The lowest BCUT2D eigenvalue weighted by Crippen LogP contribution is -2.02. The highest BCUT2D eigenvalue weighted by Gasteiger charge is 2.17. The second-order valence-electron chi connectivity index (χ2n) is 3.79. The van der Waals surface area contributed by atoms with Gasteiger partial charge in [-0.2, -0.15) is 0 Å². The first-order chi connectivity index (χ1) is 9.43. The minimum atomic E-state index is -0.528. The van der Waals surface area contributed by atoms with Crippen molar-refractivity contribution in [2.45, 2.75) is 0 Å². The molecule has 0 saturated heterocycles. The van der Waals surface area contributed by atoms with E-state index in [-0.39, 0.29) is 10.6 Å². The number of hydrogen-bond donors (Lipinski definition) is 0. The Labute approximate surface area is 135 Å². The molecule has 0 atom stereocenters. The minimum Gasteiger partial charge on any atom is -0.465 e. The van der Waals surface area contributed by atoms with Gasteiger partial charge in [0.2, 0.25) is 0 Å². The van der Waals surface area contributed by atoms with Crippen LogP contribution in [0.3, 0.4) is 0 Å². The Balaban J connectivity index is 2.57. The van der Waals surface area contributed by atoms with E-state index in [4.69, 9.17) is 46.4 Å². The molecule has 0 aliphatic heterocycles. The molecule has 0 unspecified atom stereocenters. The highest BCUT2D eigenvalue weighted by Crippen LogP contribution is 2.39. The zero-order valence-electron chi connectivity index (χ0n) is 10.1. The standard InChI is InChI=1S/C13H7Cl4NO2/c1-20-13(19)6-2-10(17)12(18-5-6)11-8(15)3-7(14)4-9(11)16/h2-5H,1H3. The van der Waals surface area contributed by atoms with Gasteiger partial charge in [0.1, 0.15) is 0 Å². The molecule has 0 fully saturated rings. The fourth-order valence-electron chi connectivity index (χ4n) is 1.62. The number of nitrogens with zero attached hydrogens (tertiary/aromatic N) is 1. The van der Waals surface area contributed by atoms with E-state index in [0.717, 1.165) is 0 Å². The maximum atomic E-state index is 11.4. The number of aromatic nitrogens is 1. The van der Waals surface area contributed by atoms with Crippen LogP contribution in [0.4, 0.5) is 0 Å². The molecule has 3 nitrogen and oxygen atoms in total. The molecule has 1 aromatic carbocycles. The largest absolute Gasteiger partial charge is 0.465 e. The third-order valence-corrected chi connectivity index (χ3v) is 3.61. The summed E-state index contributed by atoms with van der Waals surface area (Å²) in [6.45, 7) is 0. The third-order valence-electron chi connectivity index (χ3n) is 2.51. The summed E-state index contributed by atoms with van der Waals surface area (Å²) in [6.07, 6.45) is 1.34. The molecule has 0 aliphatic rings. The number of pyridine rings is 1. The summed E-state index contributed by atoms with van der Waals surface area (Å²) in [5.74, 6) is -0.528. The zero-order valence-corrected chi connectivity index (χ0v) is 13.1. The smallest absolute Gasteiger partial charge is 0.339 e. The predicted molar refractivity (Wildman–Crippen MR) is 81.1 cm³/mol. The first kappa shape index (κ1) is 15.4. The maximum absolute atomic E-state index is 11.4. The number of carbonyl (C=O) groups is 1. The Morgan fingerprint density at radius 1 is 1.05 bits per heavy atom. The first-order valence-corrected chi connectivity index (χ1v) is 6.84. The number of esters is 1.